The number of aliphatic carboxylic acids is 1. The Labute approximate surface area is 113 Å². The van der Waals surface area contributed by atoms with Crippen LogP contribution in [0.5, 0.6) is 0 Å². The molecule has 19 heavy (non-hydrogen) atoms. The summed E-state index contributed by atoms with van der Waals surface area (Å²) in [4.78, 5) is 25.0. The first-order valence-corrected chi connectivity index (χ1v) is 6.99. The Kier molecular flexibility index (Phi) is 4.29. The number of ether oxygens (including phenoxy) is 1. The zero-order chi connectivity index (χ0) is 13.9. The first-order chi connectivity index (χ1) is 9.07. The molecule has 6 heteroatoms. The maximum Gasteiger partial charge on any atom is 0.329 e. The highest BCUT2D eigenvalue weighted by Gasteiger charge is 2.46. The molecule has 1 unspecified atom stereocenters. The number of carboxylic acid groups (broad SMARTS) is 1. The number of hydrogen-bond acceptors (Lipinski definition) is 3. The predicted molar refractivity (Wildman–Crippen MR) is 69.0 cm³/mol. The van der Waals surface area contributed by atoms with Gasteiger partial charge in [0.25, 0.3) is 0 Å². The Morgan fingerprint density at radius 3 is 2.58 bits per heavy atom. The maximum atomic E-state index is 12.2. The van der Waals surface area contributed by atoms with Crippen molar-refractivity contribution in [1.82, 2.24) is 10.2 Å². The highest BCUT2D eigenvalue weighted by atomic mass is 16.5. The van der Waals surface area contributed by atoms with Crippen molar-refractivity contribution in [2.24, 2.45) is 0 Å². The third-order valence-corrected chi connectivity index (χ3v) is 4.08. The zero-order valence-electron chi connectivity index (χ0n) is 11.4. The summed E-state index contributed by atoms with van der Waals surface area (Å²) in [5.74, 6) is -0.930. The average molecular weight is 270 g/mol. The molecule has 0 spiro atoms. The molecular weight excluding hydrogens is 248 g/mol. The van der Waals surface area contributed by atoms with Gasteiger partial charge in [-0.25, -0.2) is 9.59 Å². The van der Waals surface area contributed by atoms with Crippen molar-refractivity contribution >= 4 is 12.0 Å². The molecule has 2 fully saturated rings. The molecule has 0 aromatic carbocycles. The summed E-state index contributed by atoms with van der Waals surface area (Å²) in [5, 5.41) is 11.9. The van der Waals surface area contributed by atoms with Gasteiger partial charge in [0.2, 0.25) is 0 Å². The van der Waals surface area contributed by atoms with Gasteiger partial charge in [-0.15, -0.1) is 0 Å². The molecule has 1 saturated heterocycles. The van der Waals surface area contributed by atoms with Gasteiger partial charge < -0.3 is 20.1 Å². The molecule has 108 valence electrons. The third kappa shape index (κ3) is 3.00. The van der Waals surface area contributed by atoms with E-state index in [9.17, 15) is 14.7 Å². The molecule has 0 radical (unpaired) electrons. The van der Waals surface area contributed by atoms with Crippen LogP contribution in [0.15, 0.2) is 0 Å². The van der Waals surface area contributed by atoms with Gasteiger partial charge in [-0.05, 0) is 39.0 Å². The number of carboxylic acids is 1. The Balaban J connectivity index is 1.90. The van der Waals surface area contributed by atoms with Crippen molar-refractivity contribution < 1.29 is 19.4 Å². The van der Waals surface area contributed by atoms with Crippen molar-refractivity contribution in [1.29, 1.82) is 0 Å². The Morgan fingerprint density at radius 1 is 1.42 bits per heavy atom. The van der Waals surface area contributed by atoms with E-state index in [0.717, 1.165) is 25.9 Å². The molecule has 0 aromatic rings. The smallest absolute Gasteiger partial charge is 0.329 e. The van der Waals surface area contributed by atoms with E-state index in [4.69, 9.17) is 4.74 Å². The van der Waals surface area contributed by atoms with Gasteiger partial charge >= 0.3 is 12.0 Å². The standard InChI is InChI=1S/C13H22N2O4/c1-2-15(9-10-5-3-8-19-10)12(18)14-13(11(16)17)6-4-7-13/h10H,2-9H2,1H3,(H,14,18)(H,16,17). The lowest BCUT2D eigenvalue weighted by Gasteiger charge is -2.39. The number of amides is 2. The number of rotatable bonds is 5. The van der Waals surface area contributed by atoms with Crippen molar-refractivity contribution in [3.05, 3.63) is 0 Å². The second kappa shape index (κ2) is 5.77. The Hall–Kier alpha value is -1.30. The first-order valence-electron chi connectivity index (χ1n) is 6.99. The summed E-state index contributed by atoms with van der Waals surface area (Å²) in [6.45, 7) is 3.74. The normalized spacial score (nSPS) is 24.6. The number of urea groups is 1. The van der Waals surface area contributed by atoms with Gasteiger partial charge in [-0.3, -0.25) is 0 Å². The van der Waals surface area contributed by atoms with E-state index in [2.05, 4.69) is 5.32 Å². The second-order valence-corrected chi connectivity index (χ2v) is 5.34. The van der Waals surface area contributed by atoms with E-state index in [1.54, 1.807) is 4.90 Å². The molecular formula is C13H22N2O4. The fourth-order valence-electron chi connectivity index (χ4n) is 2.60. The van der Waals surface area contributed by atoms with Crippen LogP contribution in [0.3, 0.4) is 0 Å². The van der Waals surface area contributed by atoms with Gasteiger partial charge in [0.15, 0.2) is 0 Å². The van der Waals surface area contributed by atoms with Crippen LogP contribution in [0.25, 0.3) is 0 Å². The summed E-state index contributed by atoms with van der Waals surface area (Å²) in [6, 6.07) is -0.292. The molecule has 2 aliphatic rings. The van der Waals surface area contributed by atoms with E-state index in [0.29, 0.717) is 25.9 Å². The van der Waals surface area contributed by atoms with Crippen LogP contribution in [0.2, 0.25) is 0 Å². The molecule has 0 aromatic heterocycles. The minimum Gasteiger partial charge on any atom is -0.480 e. The minimum atomic E-state index is -1.04. The summed E-state index contributed by atoms with van der Waals surface area (Å²) < 4.78 is 5.52. The molecule has 2 rings (SSSR count). The van der Waals surface area contributed by atoms with Gasteiger partial charge in [0.05, 0.1) is 6.10 Å². The molecule has 1 atom stereocenters. The number of likely N-dealkylation sites (N-methyl/N-ethyl adjacent to an activating group) is 1. The fourth-order valence-corrected chi connectivity index (χ4v) is 2.60. The lowest BCUT2D eigenvalue weighted by atomic mass is 9.77. The van der Waals surface area contributed by atoms with Crippen LogP contribution in [-0.2, 0) is 9.53 Å². The molecule has 2 N–H and O–H groups in total. The van der Waals surface area contributed by atoms with Crippen molar-refractivity contribution in [2.75, 3.05) is 19.7 Å². The van der Waals surface area contributed by atoms with E-state index in [1.165, 1.54) is 0 Å². The molecule has 1 heterocycles. The van der Waals surface area contributed by atoms with Crippen LogP contribution in [0.1, 0.15) is 39.0 Å². The fraction of sp³-hybridized carbons (Fsp3) is 0.846. The number of nitrogens with zero attached hydrogens (tertiary/aromatic N) is 1. The van der Waals surface area contributed by atoms with Gasteiger partial charge in [-0.1, -0.05) is 0 Å². The summed E-state index contributed by atoms with van der Waals surface area (Å²) in [5.41, 5.74) is -1.04. The van der Waals surface area contributed by atoms with E-state index < -0.39 is 11.5 Å². The Bertz CT molecular complexity index is 349. The van der Waals surface area contributed by atoms with E-state index in [1.807, 2.05) is 6.92 Å². The summed E-state index contributed by atoms with van der Waals surface area (Å²) >= 11 is 0. The SMILES string of the molecule is CCN(CC1CCCO1)C(=O)NC1(C(=O)O)CCC1. The van der Waals surface area contributed by atoms with Crippen LogP contribution in [0.4, 0.5) is 4.79 Å². The van der Waals surface area contributed by atoms with E-state index >= 15 is 0 Å². The predicted octanol–water partition coefficient (Wildman–Crippen LogP) is 1.20. The zero-order valence-corrected chi connectivity index (χ0v) is 11.4. The number of hydrogen-bond donors (Lipinski definition) is 2. The summed E-state index contributed by atoms with van der Waals surface area (Å²) in [7, 11) is 0. The van der Waals surface area contributed by atoms with E-state index in [-0.39, 0.29) is 12.1 Å². The number of carbonyl (C=O) groups is 2. The molecule has 1 aliphatic heterocycles. The molecule has 1 aliphatic carbocycles. The lowest BCUT2D eigenvalue weighted by molar-refractivity contribution is -0.148. The Morgan fingerprint density at radius 2 is 2.16 bits per heavy atom. The minimum absolute atomic E-state index is 0.0906. The molecule has 6 nitrogen and oxygen atoms in total. The maximum absolute atomic E-state index is 12.2. The summed E-state index contributed by atoms with van der Waals surface area (Å²) in [6.07, 6.45) is 3.98. The van der Waals surface area contributed by atoms with Crippen LogP contribution >= 0.6 is 0 Å². The van der Waals surface area contributed by atoms with Gasteiger partial charge in [0, 0.05) is 19.7 Å². The van der Waals surface area contributed by atoms with Crippen LogP contribution in [-0.4, -0.2) is 53.3 Å². The largest absolute Gasteiger partial charge is 0.480 e. The average Bonchev–Trinajstić information content (AvgIpc) is 2.82. The first kappa shape index (κ1) is 14.1. The topological polar surface area (TPSA) is 78.9 Å². The quantitative estimate of drug-likeness (QED) is 0.787. The molecule has 1 saturated carbocycles. The van der Waals surface area contributed by atoms with Gasteiger partial charge in [0.1, 0.15) is 5.54 Å². The van der Waals surface area contributed by atoms with Crippen molar-refractivity contribution in [2.45, 2.75) is 50.7 Å². The van der Waals surface area contributed by atoms with Crippen LogP contribution in [0, 0.1) is 0 Å². The monoisotopic (exact) mass is 270 g/mol. The second-order valence-electron chi connectivity index (χ2n) is 5.34. The van der Waals surface area contributed by atoms with Gasteiger partial charge in [-0.2, -0.15) is 0 Å². The molecule has 0 bridgehead atoms. The number of carbonyl (C=O) groups excluding carboxylic acids is 1. The number of nitrogens with one attached hydrogen (secondary N) is 1. The lowest BCUT2D eigenvalue weighted by Crippen LogP contribution is -2.62. The highest BCUT2D eigenvalue weighted by molar-refractivity contribution is 5.87. The highest BCUT2D eigenvalue weighted by Crippen LogP contribution is 2.32. The third-order valence-electron chi connectivity index (χ3n) is 4.08. The van der Waals surface area contributed by atoms with Crippen molar-refractivity contribution in [3.63, 3.8) is 0 Å². The molecule has 2 amide bonds. The van der Waals surface area contributed by atoms with Crippen molar-refractivity contribution in [3.8, 4) is 0 Å². The van der Waals surface area contributed by atoms with Crippen LogP contribution < -0.4 is 5.32 Å².